The summed E-state index contributed by atoms with van der Waals surface area (Å²) in [5.41, 5.74) is 0.566. The van der Waals surface area contributed by atoms with Gasteiger partial charge in [-0.1, -0.05) is 12.7 Å². The lowest BCUT2D eigenvalue weighted by Gasteiger charge is -2.17. The average molecular weight is 401 g/mol. The Hall–Kier alpha value is -3.68. The maximum Gasteiger partial charge on any atom is 0.254 e. The number of halogens is 1. The standard InChI is InChI=1S/C21H24FN3O4/c1-5-23-20(29-4)9-6-12-24-21(27)16(15-26)8-7-13-25(2)18-11-10-17(22)14-19(18)28-3/h5-11,13-15H,1,12H2,2-4H3,(H,24,27)/b9-6-,13-7-,16-8+,23-20+. The molecule has 0 radical (unpaired) electrons. The number of aliphatic imine (C=N–C) groups is 1. The Morgan fingerprint density at radius 2 is 2.14 bits per heavy atom. The lowest BCUT2D eigenvalue weighted by atomic mass is 10.2. The van der Waals surface area contributed by atoms with E-state index in [1.165, 1.54) is 44.7 Å². The first kappa shape index (κ1) is 23.4. The summed E-state index contributed by atoms with van der Waals surface area (Å²) in [6.07, 6.45) is 9.50. The van der Waals surface area contributed by atoms with Crippen molar-refractivity contribution in [2.24, 2.45) is 4.99 Å². The lowest BCUT2D eigenvalue weighted by molar-refractivity contribution is -0.119. The molecule has 0 aliphatic rings. The van der Waals surface area contributed by atoms with Gasteiger partial charge in [-0.25, -0.2) is 9.38 Å². The molecule has 0 bridgehead atoms. The van der Waals surface area contributed by atoms with E-state index in [2.05, 4.69) is 16.9 Å². The molecule has 0 fully saturated rings. The number of carbonyl (C=O) groups is 2. The Bertz CT molecular complexity index is 844. The molecular formula is C21H24FN3O4. The quantitative estimate of drug-likeness (QED) is 0.124. The van der Waals surface area contributed by atoms with Gasteiger partial charge in [0, 0.05) is 32.1 Å². The number of carbonyl (C=O) groups excluding carboxylic acids is 2. The van der Waals surface area contributed by atoms with Crippen LogP contribution in [0.15, 0.2) is 72.0 Å². The summed E-state index contributed by atoms with van der Waals surface area (Å²) in [5, 5.41) is 2.58. The number of rotatable bonds is 10. The van der Waals surface area contributed by atoms with E-state index in [9.17, 15) is 14.0 Å². The fourth-order valence-corrected chi connectivity index (χ4v) is 2.13. The first-order valence-electron chi connectivity index (χ1n) is 8.54. The van der Waals surface area contributed by atoms with Crippen LogP contribution in [0.2, 0.25) is 0 Å². The number of hydrogen-bond acceptors (Lipinski definition) is 6. The molecule has 154 valence electrons. The second-order valence-corrected chi connectivity index (χ2v) is 5.47. The van der Waals surface area contributed by atoms with Crippen LogP contribution in [0, 0.1) is 5.82 Å². The van der Waals surface area contributed by atoms with Crippen LogP contribution >= 0.6 is 0 Å². The molecule has 1 aromatic rings. The summed E-state index contributed by atoms with van der Waals surface area (Å²) in [4.78, 5) is 28.8. The maximum absolute atomic E-state index is 13.3. The highest BCUT2D eigenvalue weighted by molar-refractivity contribution is 6.10. The van der Waals surface area contributed by atoms with E-state index in [-0.39, 0.29) is 12.1 Å². The SMILES string of the molecule is C=C/N=C(\C=C/CNC(=O)/C(C=O)=C/C=C\N(C)c1ccc(F)cc1OC)OC. The third kappa shape index (κ3) is 7.84. The van der Waals surface area contributed by atoms with Gasteiger partial charge in [0.1, 0.15) is 11.6 Å². The fraction of sp³-hybridized carbons (Fsp3) is 0.190. The van der Waals surface area contributed by atoms with Gasteiger partial charge in [-0.05, 0) is 30.4 Å². The Balaban J connectivity index is 2.73. The van der Waals surface area contributed by atoms with Gasteiger partial charge in [0.25, 0.3) is 5.91 Å². The van der Waals surface area contributed by atoms with Crippen LogP contribution < -0.4 is 15.0 Å². The molecule has 1 N–H and O–H groups in total. The third-order valence-electron chi connectivity index (χ3n) is 3.56. The highest BCUT2D eigenvalue weighted by atomic mass is 19.1. The van der Waals surface area contributed by atoms with E-state index in [1.807, 2.05) is 0 Å². The second-order valence-electron chi connectivity index (χ2n) is 5.47. The van der Waals surface area contributed by atoms with Gasteiger partial charge in [0.2, 0.25) is 5.90 Å². The Kier molecular flexibility index (Phi) is 10.2. The number of ether oxygens (including phenoxy) is 2. The van der Waals surface area contributed by atoms with Crippen molar-refractivity contribution < 1.29 is 23.5 Å². The average Bonchev–Trinajstić information content (AvgIpc) is 2.72. The topological polar surface area (TPSA) is 80.2 Å². The maximum atomic E-state index is 13.3. The van der Waals surface area contributed by atoms with Gasteiger partial charge in [0.05, 0.1) is 25.5 Å². The molecule has 0 aliphatic carbocycles. The molecule has 1 amide bonds. The summed E-state index contributed by atoms with van der Waals surface area (Å²) < 4.78 is 23.4. The number of methoxy groups -OCH3 is 2. The van der Waals surface area contributed by atoms with E-state index >= 15 is 0 Å². The van der Waals surface area contributed by atoms with E-state index in [4.69, 9.17) is 9.47 Å². The molecule has 0 spiro atoms. The van der Waals surface area contributed by atoms with Crippen molar-refractivity contribution in [3.63, 3.8) is 0 Å². The van der Waals surface area contributed by atoms with Gasteiger partial charge in [-0.3, -0.25) is 9.59 Å². The zero-order chi connectivity index (χ0) is 21.6. The van der Waals surface area contributed by atoms with E-state index in [0.29, 0.717) is 23.6 Å². The van der Waals surface area contributed by atoms with Crippen LogP contribution in [-0.4, -0.2) is 45.9 Å². The predicted molar refractivity (Wildman–Crippen MR) is 111 cm³/mol. The van der Waals surface area contributed by atoms with Crippen molar-refractivity contribution in [1.82, 2.24) is 5.32 Å². The molecule has 7 nitrogen and oxygen atoms in total. The second kappa shape index (κ2) is 12.7. The van der Waals surface area contributed by atoms with Gasteiger partial charge >= 0.3 is 0 Å². The minimum absolute atomic E-state index is 0.0548. The molecule has 1 rings (SSSR count). The van der Waals surface area contributed by atoms with Crippen LogP contribution in [0.5, 0.6) is 5.75 Å². The third-order valence-corrected chi connectivity index (χ3v) is 3.56. The molecule has 0 aliphatic heterocycles. The summed E-state index contributed by atoms with van der Waals surface area (Å²) in [6.45, 7) is 3.64. The number of nitrogens with one attached hydrogen (secondary N) is 1. The zero-order valence-electron chi connectivity index (χ0n) is 16.6. The molecule has 0 saturated heterocycles. The Morgan fingerprint density at radius 1 is 1.38 bits per heavy atom. The van der Waals surface area contributed by atoms with Crippen molar-refractivity contribution in [1.29, 1.82) is 0 Å². The molecule has 0 aromatic heterocycles. The largest absolute Gasteiger partial charge is 0.494 e. The first-order chi connectivity index (χ1) is 14.0. The van der Waals surface area contributed by atoms with Crippen LogP contribution in [0.1, 0.15) is 0 Å². The Labute approximate surface area is 169 Å². The molecular weight excluding hydrogens is 377 g/mol. The molecule has 0 heterocycles. The van der Waals surface area contributed by atoms with Crippen molar-refractivity contribution in [2.45, 2.75) is 0 Å². The normalized spacial score (nSPS) is 12.1. The predicted octanol–water partition coefficient (Wildman–Crippen LogP) is 2.77. The molecule has 8 heteroatoms. The van der Waals surface area contributed by atoms with E-state index in [0.717, 1.165) is 0 Å². The summed E-state index contributed by atoms with van der Waals surface area (Å²) in [6, 6.07) is 4.14. The number of hydrogen-bond donors (Lipinski definition) is 1. The fourth-order valence-electron chi connectivity index (χ4n) is 2.13. The summed E-state index contributed by atoms with van der Waals surface area (Å²) in [5.74, 6) is -0.250. The van der Waals surface area contributed by atoms with E-state index < -0.39 is 11.7 Å². The summed E-state index contributed by atoms with van der Waals surface area (Å²) >= 11 is 0. The molecule has 0 unspecified atom stereocenters. The monoisotopic (exact) mass is 401 g/mol. The number of aldehydes is 1. The minimum atomic E-state index is -0.532. The highest BCUT2D eigenvalue weighted by Gasteiger charge is 2.08. The van der Waals surface area contributed by atoms with Crippen LogP contribution in [0.4, 0.5) is 10.1 Å². The minimum Gasteiger partial charge on any atom is -0.494 e. The van der Waals surface area contributed by atoms with Crippen LogP contribution in [-0.2, 0) is 14.3 Å². The molecule has 0 atom stereocenters. The van der Waals surface area contributed by atoms with Gasteiger partial charge in [-0.15, -0.1) is 0 Å². The van der Waals surface area contributed by atoms with Crippen LogP contribution in [0.3, 0.4) is 0 Å². The van der Waals surface area contributed by atoms with Crippen molar-refractivity contribution >= 4 is 23.8 Å². The zero-order valence-corrected chi connectivity index (χ0v) is 16.6. The first-order valence-corrected chi connectivity index (χ1v) is 8.54. The van der Waals surface area contributed by atoms with Crippen molar-refractivity contribution in [3.05, 3.63) is 72.9 Å². The highest BCUT2D eigenvalue weighted by Crippen LogP contribution is 2.28. The lowest BCUT2D eigenvalue weighted by Crippen LogP contribution is -2.25. The van der Waals surface area contributed by atoms with Gasteiger partial charge in [-0.2, -0.15) is 0 Å². The van der Waals surface area contributed by atoms with Crippen LogP contribution in [0.25, 0.3) is 0 Å². The molecule has 29 heavy (non-hydrogen) atoms. The number of anilines is 1. The molecule has 1 aromatic carbocycles. The number of benzene rings is 1. The number of amides is 1. The smallest absolute Gasteiger partial charge is 0.254 e. The number of nitrogens with zero attached hydrogens (tertiary/aromatic N) is 2. The van der Waals surface area contributed by atoms with Gasteiger partial charge < -0.3 is 19.7 Å². The van der Waals surface area contributed by atoms with Crippen molar-refractivity contribution in [3.8, 4) is 5.75 Å². The van der Waals surface area contributed by atoms with E-state index in [1.54, 1.807) is 36.4 Å². The number of allylic oxidation sites excluding steroid dienone is 2. The summed E-state index contributed by atoms with van der Waals surface area (Å²) in [7, 11) is 4.63. The molecule has 0 saturated carbocycles. The van der Waals surface area contributed by atoms with Gasteiger partial charge in [0.15, 0.2) is 6.29 Å². The Morgan fingerprint density at radius 3 is 2.76 bits per heavy atom. The van der Waals surface area contributed by atoms with Crippen molar-refractivity contribution in [2.75, 3.05) is 32.7 Å².